The van der Waals surface area contributed by atoms with E-state index in [1.807, 2.05) is 20.0 Å². The van der Waals surface area contributed by atoms with Gasteiger partial charge in [-0.25, -0.2) is 13.1 Å². The lowest BCUT2D eigenvalue weighted by Crippen LogP contribution is -2.33. The Labute approximate surface area is 102 Å². The minimum absolute atomic E-state index is 0.117. The number of nitrogens with one attached hydrogen (secondary N) is 2. The van der Waals surface area contributed by atoms with Crippen LogP contribution in [0.1, 0.15) is 12.6 Å². The van der Waals surface area contributed by atoms with Gasteiger partial charge in [0.25, 0.3) is 0 Å². The highest BCUT2D eigenvalue weighted by molar-refractivity contribution is 7.89. The van der Waals surface area contributed by atoms with Crippen molar-refractivity contribution in [3.8, 4) is 0 Å². The van der Waals surface area contributed by atoms with Gasteiger partial charge in [-0.1, -0.05) is 6.92 Å². The Morgan fingerprint density at radius 1 is 1.41 bits per heavy atom. The average Bonchev–Trinajstić information content (AvgIpc) is 2.64. The van der Waals surface area contributed by atoms with Crippen LogP contribution in [-0.2, 0) is 23.5 Å². The lowest BCUT2D eigenvalue weighted by Gasteiger charge is -2.07. The van der Waals surface area contributed by atoms with Crippen LogP contribution in [0.5, 0.6) is 0 Å². The smallest absolute Gasteiger partial charge is 0.212 e. The summed E-state index contributed by atoms with van der Waals surface area (Å²) in [7, 11) is -1.32. The van der Waals surface area contributed by atoms with Crippen molar-refractivity contribution in [3.63, 3.8) is 0 Å². The van der Waals surface area contributed by atoms with Gasteiger partial charge in [-0.2, -0.15) is 5.10 Å². The fourth-order valence-corrected chi connectivity index (χ4v) is 2.41. The normalized spacial score (nSPS) is 11.9. The molecule has 0 aliphatic heterocycles. The Hall–Kier alpha value is -0.920. The maximum atomic E-state index is 11.5. The van der Waals surface area contributed by atoms with Crippen molar-refractivity contribution in [2.45, 2.75) is 13.3 Å². The lowest BCUT2D eigenvalue weighted by molar-refractivity contribution is 0.576. The number of sulfonamides is 1. The van der Waals surface area contributed by atoms with E-state index in [4.69, 9.17) is 0 Å². The highest BCUT2D eigenvalue weighted by Gasteiger charge is 2.09. The fraction of sp³-hybridized carbons (Fsp3) is 0.700. The Bertz CT molecular complexity index is 427. The summed E-state index contributed by atoms with van der Waals surface area (Å²) < 4.78 is 27.4. The number of hydrogen-bond acceptors (Lipinski definition) is 4. The molecule has 0 aliphatic carbocycles. The minimum atomic E-state index is -3.16. The predicted octanol–water partition coefficient (Wildman–Crippen LogP) is -0.508. The topological polar surface area (TPSA) is 76.0 Å². The largest absolute Gasteiger partial charge is 0.316 e. The minimum Gasteiger partial charge on any atom is -0.316 e. The molecule has 1 heterocycles. The second kappa shape index (κ2) is 6.73. The number of aryl methyl sites for hydroxylation is 1. The Morgan fingerprint density at radius 3 is 2.76 bits per heavy atom. The summed E-state index contributed by atoms with van der Waals surface area (Å²) in [6.07, 6.45) is 2.35. The summed E-state index contributed by atoms with van der Waals surface area (Å²) in [5.74, 6) is 0.117. The van der Waals surface area contributed by atoms with Gasteiger partial charge in [-0.05, 0) is 12.6 Å². The molecule has 1 aromatic heterocycles. The molecule has 7 heteroatoms. The van der Waals surface area contributed by atoms with Crippen molar-refractivity contribution in [2.75, 3.05) is 25.4 Å². The number of hydrogen-bond donors (Lipinski definition) is 2. The zero-order chi connectivity index (χ0) is 12.7. The van der Waals surface area contributed by atoms with E-state index >= 15 is 0 Å². The van der Waals surface area contributed by atoms with Crippen LogP contribution in [0.4, 0.5) is 0 Å². The molecule has 0 amide bonds. The monoisotopic (exact) mass is 260 g/mol. The van der Waals surface area contributed by atoms with Crippen LogP contribution >= 0.6 is 0 Å². The molecule has 0 saturated carbocycles. The van der Waals surface area contributed by atoms with E-state index in [2.05, 4.69) is 15.1 Å². The number of rotatable bonds is 8. The van der Waals surface area contributed by atoms with Gasteiger partial charge in [0.15, 0.2) is 0 Å². The third-order valence-corrected chi connectivity index (χ3v) is 3.81. The van der Waals surface area contributed by atoms with Gasteiger partial charge in [-0.3, -0.25) is 4.68 Å². The first-order chi connectivity index (χ1) is 8.05. The van der Waals surface area contributed by atoms with Gasteiger partial charge in [0.05, 0.1) is 5.75 Å². The zero-order valence-corrected chi connectivity index (χ0v) is 11.1. The molecular formula is C10H20N4O2S. The van der Waals surface area contributed by atoms with Crippen LogP contribution in [-0.4, -0.2) is 43.6 Å². The maximum Gasteiger partial charge on any atom is 0.212 e. The van der Waals surface area contributed by atoms with E-state index in [1.165, 1.54) is 0 Å². The Morgan fingerprint density at radius 2 is 2.18 bits per heavy atom. The van der Waals surface area contributed by atoms with Crippen LogP contribution in [0.2, 0.25) is 0 Å². The summed E-state index contributed by atoms with van der Waals surface area (Å²) in [6, 6.07) is 1.88. The first-order valence-corrected chi connectivity index (χ1v) is 7.35. The molecule has 0 fully saturated rings. The van der Waals surface area contributed by atoms with Crippen molar-refractivity contribution < 1.29 is 8.42 Å². The van der Waals surface area contributed by atoms with Crippen molar-refractivity contribution in [1.82, 2.24) is 19.8 Å². The van der Waals surface area contributed by atoms with Crippen LogP contribution in [0.3, 0.4) is 0 Å². The summed E-state index contributed by atoms with van der Waals surface area (Å²) in [4.78, 5) is 0. The molecule has 2 N–H and O–H groups in total. The van der Waals surface area contributed by atoms with Crippen LogP contribution < -0.4 is 10.0 Å². The van der Waals surface area contributed by atoms with Crippen molar-refractivity contribution in [2.24, 2.45) is 7.05 Å². The molecule has 0 spiro atoms. The number of aromatic nitrogens is 2. The molecule has 0 radical (unpaired) electrons. The molecule has 0 atom stereocenters. The molecule has 0 aliphatic rings. The fourth-order valence-electron chi connectivity index (χ4n) is 1.44. The Kier molecular flexibility index (Phi) is 5.60. The quantitative estimate of drug-likeness (QED) is 0.617. The predicted molar refractivity (Wildman–Crippen MR) is 67.2 cm³/mol. The van der Waals surface area contributed by atoms with Crippen molar-refractivity contribution >= 4 is 10.0 Å². The van der Waals surface area contributed by atoms with Gasteiger partial charge in [0, 0.05) is 38.4 Å². The Balaban J connectivity index is 2.28. The first kappa shape index (κ1) is 14.1. The summed E-state index contributed by atoms with van der Waals surface area (Å²) >= 11 is 0. The second-order valence-corrected chi connectivity index (χ2v) is 5.69. The van der Waals surface area contributed by atoms with E-state index in [-0.39, 0.29) is 5.75 Å². The van der Waals surface area contributed by atoms with Gasteiger partial charge in [0.2, 0.25) is 10.0 Å². The van der Waals surface area contributed by atoms with Crippen LogP contribution in [0.15, 0.2) is 12.3 Å². The third-order valence-electron chi connectivity index (χ3n) is 2.42. The van der Waals surface area contributed by atoms with E-state index in [9.17, 15) is 8.42 Å². The highest BCUT2D eigenvalue weighted by Crippen LogP contribution is 1.96. The molecule has 0 bridgehead atoms. The van der Waals surface area contributed by atoms with E-state index in [1.54, 1.807) is 10.9 Å². The molecule has 98 valence electrons. The molecule has 0 unspecified atom stereocenters. The van der Waals surface area contributed by atoms with Crippen molar-refractivity contribution in [3.05, 3.63) is 18.0 Å². The first-order valence-electron chi connectivity index (χ1n) is 5.70. The van der Waals surface area contributed by atoms with Gasteiger partial charge >= 0.3 is 0 Å². The molecule has 1 aromatic rings. The van der Waals surface area contributed by atoms with Crippen LogP contribution in [0, 0.1) is 0 Å². The molecule has 0 saturated heterocycles. The van der Waals surface area contributed by atoms with E-state index in [0.29, 0.717) is 19.5 Å². The maximum absolute atomic E-state index is 11.5. The molecular weight excluding hydrogens is 240 g/mol. The van der Waals surface area contributed by atoms with Gasteiger partial charge in [0.1, 0.15) is 0 Å². The van der Waals surface area contributed by atoms with E-state index < -0.39 is 10.0 Å². The molecule has 0 aromatic carbocycles. The van der Waals surface area contributed by atoms with E-state index in [0.717, 1.165) is 12.2 Å². The molecule has 6 nitrogen and oxygen atoms in total. The van der Waals surface area contributed by atoms with Gasteiger partial charge in [-0.15, -0.1) is 0 Å². The lowest BCUT2D eigenvalue weighted by atomic mass is 10.3. The third kappa shape index (κ3) is 5.29. The van der Waals surface area contributed by atoms with Crippen LogP contribution in [0.25, 0.3) is 0 Å². The summed E-state index contributed by atoms with van der Waals surface area (Å²) in [5, 5.41) is 7.01. The molecule has 1 rings (SSSR count). The second-order valence-electron chi connectivity index (χ2n) is 3.76. The zero-order valence-electron chi connectivity index (χ0n) is 10.3. The highest BCUT2D eigenvalue weighted by atomic mass is 32.2. The number of nitrogens with zero attached hydrogens (tertiary/aromatic N) is 2. The SMILES string of the molecule is CCNCCS(=O)(=O)NCCc1ccnn1C. The van der Waals surface area contributed by atoms with Crippen molar-refractivity contribution in [1.29, 1.82) is 0 Å². The summed E-state index contributed by atoms with van der Waals surface area (Å²) in [6.45, 7) is 3.62. The van der Waals surface area contributed by atoms with Gasteiger partial charge < -0.3 is 5.32 Å². The standard InChI is InChI=1S/C10H20N4O2S/c1-3-11-8-9-17(15,16)13-7-5-10-4-6-12-14(10)2/h4,6,11,13H,3,5,7-9H2,1-2H3. The summed E-state index contributed by atoms with van der Waals surface area (Å²) in [5.41, 5.74) is 1.01. The molecule has 17 heavy (non-hydrogen) atoms. The average molecular weight is 260 g/mol.